The van der Waals surface area contributed by atoms with E-state index in [1.807, 2.05) is 6.07 Å². The highest BCUT2D eigenvalue weighted by Gasteiger charge is 2.16. The van der Waals surface area contributed by atoms with E-state index in [0.717, 1.165) is 23.2 Å². The average molecular weight is 432 g/mol. The number of hydrogen-bond donors (Lipinski definition) is 0. The van der Waals surface area contributed by atoms with Gasteiger partial charge in [0, 0.05) is 23.2 Å². The summed E-state index contributed by atoms with van der Waals surface area (Å²) in [6.07, 6.45) is 0. The van der Waals surface area contributed by atoms with Crippen LogP contribution in [-0.2, 0) is 11.7 Å². The fourth-order valence-corrected chi connectivity index (χ4v) is 3.62. The number of halogens is 2. The van der Waals surface area contributed by atoms with E-state index < -0.39 is 7.01 Å². The lowest BCUT2D eigenvalue weighted by Gasteiger charge is -2.29. The number of hydrogen-bond acceptors (Lipinski definition) is 4. The Hall–Kier alpha value is 0.140. The van der Waals surface area contributed by atoms with Gasteiger partial charge in [-0.15, -0.1) is 0 Å². The summed E-state index contributed by atoms with van der Waals surface area (Å²) in [6, 6.07) is 5.25. The van der Waals surface area contributed by atoms with E-state index in [2.05, 4.69) is 20.8 Å². The molecule has 94 valence electrons. The Morgan fingerprint density at radius 3 is 2.47 bits per heavy atom. The van der Waals surface area contributed by atoms with Crippen molar-refractivity contribution in [1.82, 2.24) is 0 Å². The molecule has 1 aromatic rings. The molecule has 1 aliphatic heterocycles. The van der Waals surface area contributed by atoms with Crippen molar-refractivity contribution < 1.29 is 13.2 Å². The molecule has 4 nitrogen and oxygen atoms in total. The Bertz CT molecular complexity index is 514. The lowest BCUT2D eigenvalue weighted by atomic mass is 10.2. The first kappa shape index (κ1) is 13.6. The van der Waals surface area contributed by atoms with E-state index in [-0.39, 0.29) is 0 Å². The lowest BCUT2D eigenvalue weighted by Crippen LogP contribution is -2.36. The molecule has 0 unspecified atom stereocenters. The highest BCUT2D eigenvalue weighted by molar-refractivity contribution is 14.2. The maximum Gasteiger partial charge on any atom is 0.231 e. The Morgan fingerprint density at radius 2 is 1.88 bits per heavy atom. The molecule has 1 fully saturated rings. The summed E-state index contributed by atoms with van der Waals surface area (Å²) in [5.41, 5.74) is 0.915. The van der Waals surface area contributed by atoms with Crippen LogP contribution in [0.1, 0.15) is 0 Å². The molecule has 0 spiro atoms. The third-order valence-corrected chi connectivity index (χ3v) is 5.30. The molecule has 1 aromatic carbocycles. The molecule has 2 rings (SSSR count). The van der Waals surface area contributed by atoms with Crippen LogP contribution >= 0.6 is 37.1 Å². The molecule has 0 amide bonds. The zero-order chi connectivity index (χ0) is 12.5. The van der Waals surface area contributed by atoms with Crippen molar-refractivity contribution in [2.75, 3.05) is 31.2 Å². The number of rotatable bonds is 2. The van der Waals surface area contributed by atoms with E-state index in [0.29, 0.717) is 18.1 Å². The highest BCUT2D eigenvalue weighted by atomic mass is 127. The molecule has 0 radical (unpaired) electrons. The smallest absolute Gasteiger partial charge is 0.231 e. The van der Waals surface area contributed by atoms with Crippen molar-refractivity contribution in [1.29, 1.82) is 0 Å². The van der Waals surface area contributed by atoms with Crippen LogP contribution in [0.4, 0.5) is 5.69 Å². The zero-order valence-electron chi connectivity index (χ0n) is 8.90. The molecule has 1 heterocycles. The fourth-order valence-electron chi connectivity index (χ4n) is 1.69. The number of anilines is 1. The Morgan fingerprint density at radius 1 is 1.24 bits per heavy atom. The topological polar surface area (TPSA) is 46.6 Å². The van der Waals surface area contributed by atoms with E-state index in [1.165, 1.54) is 21.2 Å². The molecule has 0 saturated carbocycles. The summed E-state index contributed by atoms with van der Waals surface area (Å²) < 4.78 is 29.1. The van der Waals surface area contributed by atoms with Gasteiger partial charge in [-0.3, -0.25) is 0 Å². The molecule has 0 aliphatic carbocycles. The third kappa shape index (κ3) is 3.55. The molecule has 17 heavy (non-hydrogen) atoms. The van der Waals surface area contributed by atoms with Gasteiger partial charge in [0.05, 0.1) is 39.3 Å². The molecule has 0 aromatic heterocycles. The van der Waals surface area contributed by atoms with Crippen LogP contribution in [0.25, 0.3) is 0 Å². The predicted molar refractivity (Wildman–Crippen MR) is 78.4 cm³/mol. The van der Waals surface area contributed by atoms with Crippen molar-refractivity contribution >= 4 is 49.8 Å². The van der Waals surface area contributed by atoms with Crippen LogP contribution < -0.4 is 4.90 Å². The van der Waals surface area contributed by atoms with Gasteiger partial charge in [-0.1, -0.05) is 15.9 Å². The van der Waals surface area contributed by atoms with Gasteiger partial charge in [-0.05, 0) is 18.2 Å². The summed E-state index contributed by atoms with van der Waals surface area (Å²) in [7, 11) is -3.20. The van der Waals surface area contributed by atoms with Gasteiger partial charge in [0.25, 0.3) is 0 Å². The molecule has 0 N–H and O–H groups in total. The summed E-state index contributed by atoms with van der Waals surface area (Å²) in [4.78, 5) is 2.45. The van der Waals surface area contributed by atoms with Gasteiger partial charge < -0.3 is 9.64 Å². The maximum absolute atomic E-state index is 11.5. The highest BCUT2D eigenvalue weighted by Crippen LogP contribution is 2.28. The summed E-state index contributed by atoms with van der Waals surface area (Å²) in [5, 5.41) is 0. The van der Waals surface area contributed by atoms with Crippen molar-refractivity contribution in [3.8, 4) is 0 Å². The predicted octanol–water partition coefficient (Wildman–Crippen LogP) is 2.41. The van der Waals surface area contributed by atoms with E-state index in [1.54, 1.807) is 12.1 Å². The van der Waals surface area contributed by atoms with Gasteiger partial charge in [-0.25, -0.2) is 8.42 Å². The second-order valence-corrected chi connectivity index (χ2v) is 9.42. The van der Waals surface area contributed by atoms with E-state index >= 15 is 0 Å². The minimum Gasteiger partial charge on any atom is -0.378 e. The second kappa shape index (κ2) is 5.41. The van der Waals surface area contributed by atoms with E-state index in [9.17, 15) is 8.42 Å². The Kier molecular flexibility index (Phi) is 4.32. The Balaban J connectivity index is 2.37. The standard InChI is InChI=1S/C10H11BrINO3S/c11-8-5-9(13-1-3-16-4-2-13)7-10(6-8)17(12,14)15/h5-7H,1-4H2. The van der Waals surface area contributed by atoms with Crippen LogP contribution in [0.3, 0.4) is 0 Å². The number of morpholine rings is 1. The van der Waals surface area contributed by atoms with Crippen molar-refractivity contribution in [3.05, 3.63) is 22.7 Å². The SMILES string of the molecule is O=S(=O)(I)c1cc(Br)cc(N2CCOCC2)c1. The summed E-state index contributed by atoms with van der Waals surface area (Å²) in [5.74, 6) is 0. The molecule has 1 saturated heterocycles. The summed E-state index contributed by atoms with van der Waals surface area (Å²) >= 11 is 4.80. The lowest BCUT2D eigenvalue weighted by molar-refractivity contribution is 0.122. The average Bonchev–Trinajstić information content (AvgIpc) is 2.28. The quantitative estimate of drug-likeness (QED) is 0.533. The zero-order valence-corrected chi connectivity index (χ0v) is 13.5. The van der Waals surface area contributed by atoms with Crippen LogP contribution in [-0.4, -0.2) is 34.7 Å². The normalized spacial score (nSPS) is 17.2. The van der Waals surface area contributed by atoms with Crippen LogP contribution in [0, 0.1) is 0 Å². The second-order valence-electron chi connectivity index (χ2n) is 3.68. The first-order valence-electron chi connectivity index (χ1n) is 5.05. The molecule has 1 aliphatic rings. The maximum atomic E-state index is 11.5. The largest absolute Gasteiger partial charge is 0.378 e. The first-order valence-corrected chi connectivity index (χ1v) is 9.87. The molecule has 0 bridgehead atoms. The Labute approximate surface area is 121 Å². The van der Waals surface area contributed by atoms with Gasteiger partial charge in [0.2, 0.25) is 7.01 Å². The molecule has 7 heteroatoms. The molecule has 0 atom stereocenters. The van der Waals surface area contributed by atoms with Crippen LogP contribution in [0.2, 0.25) is 0 Å². The van der Waals surface area contributed by atoms with Crippen LogP contribution in [0.15, 0.2) is 27.6 Å². The minimum absolute atomic E-state index is 0.328. The molecular weight excluding hydrogens is 421 g/mol. The van der Waals surface area contributed by atoms with Crippen molar-refractivity contribution in [2.24, 2.45) is 0 Å². The monoisotopic (exact) mass is 431 g/mol. The van der Waals surface area contributed by atoms with E-state index in [4.69, 9.17) is 4.74 Å². The number of ether oxygens (including phenoxy) is 1. The number of benzene rings is 1. The first-order chi connectivity index (χ1) is 7.97. The van der Waals surface area contributed by atoms with Gasteiger partial charge in [-0.2, -0.15) is 0 Å². The molecular formula is C10H11BrINO3S. The van der Waals surface area contributed by atoms with Crippen LogP contribution in [0.5, 0.6) is 0 Å². The minimum atomic E-state index is -3.20. The number of nitrogens with zero attached hydrogens (tertiary/aromatic N) is 1. The summed E-state index contributed by atoms with van der Waals surface area (Å²) in [6.45, 7) is 2.94. The fraction of sp³-hybridized carbons (Fsp3) is 0.400. The van der Waals surface area contributed by atoms with Gasteiger partial charge in [0.1, 0.15) is 0 Å². The van der Waals surface area contributed by atoms with Gasteiger partial charge >= 0.3 is 0 Å². The van der Waals surface area contributed by atoms with Crippen molar-refractivity contribution in [2.45, 2.75) is 4.90 Å². The van der Waals surface area contributed by atoms with Crippen molar-refractivity contribution in [3.63, 3.8) is 0 Å². The van der Waals surface area contributed by atoms with Gasteiger partial charge in [0.15, 0.2) is 0 Å². The third-order valence-electron chi connectivity index (χ3n) is 2.51.